The van der Waals surface area contributed by atoms with Gasteiger partial charge in [0.2, 0.25) is 0 Å². The van der Waals surface area contributed by atoms with E-state index in [-0.39, 0.29) is 12.2 Å². The van der Waals surface area contributed by atoms with Crippen LogP contribution in [0.5, 0.6) is 0 Å². The minimum atomic E-state index is -0.571. The average Bonchev–Trinajstić information content (AvgIpc) is 3.03. The normalized spacial score (nSPS) is 16.2. The van der Waals surface area contributed by atoms with Gasteiger partial charge in [0.05, 0.1) is 28.5 Å². The van der Waals surface area contributed by atoms with Crippen molar-refractivity contribution in [3.8, 4) is 0 Å². The molecule has 30 heavy (non-hydrogen) atoms. The largest absolute Gasteiger partial charge is 0.463 e. The lowest BCUT2D eigenvalue weighted by Gasteiger charge is -2.24. The second-order valence-corrected chi connectivity index (χ2v) is 8.13. The van der Waals surface area contributed by atoms with Crippen LogP contribution in [0.15, 0.2) is 75.7 Å². The van der Waals surface area contributed by atoms with Crippen LogP contribution in [0.1, 0.15) is 36.6 Å². The minimum Gasteiger partial charge on any atom is -0.463 e. The Bertz CT molecular complexity index is 1300. The Morgan fingerprint density at radius 1 is 1.13 bits per heavy atom. The molecule has 2 aromatic carbocycles. The Morgan fingerprint density at radius 2 is 1.83 bits per heavy atom. The fourth-order valence-corrected chi connectivity index (χ4v) is 4.60. The Kier molecular flexibility index (Phi) is 5.50. The highest BCUT2D eigenvalue weighted by Crippen LogP contribution is 2.30. The van der Waals surface area contributed by atoms with E-state index < -0.39 is 12.0 Å². The molecule has 0 bridgehead atoms. The molecule has 152 valence electrons. The Hall–Kier alpha value is -3.25. The van der Waals surface area contributed by atoms with Crippen molar-refractivity contribution < 1.29 is 9.53 Å². The highest BCUT2D eigenvalue weighted by molar-refractivity contribution is 7.07. The first-order chi connectivity index (χ1) is 14.5. The quantitative estimate of drug-likeness (QED) is 0.612. The van der Waals surface area contributed by atoms with Gasteiger partial charge in [-0.2, -0.15) is 0 Å². The summed E-state index contributed by atoms with van der Waals surface area (Å²) in [5.41, 5.74) is 3.71. The van der Waals surface area contributed by atoms with Crippen LogP contribution in [0.3, 0.4) is 0 Å². The number of nitrogens with zero attached hydrogens (tertiary/aromatic N) is 2. The lowest BCUT2D eigenvalue weighted by molar-refractivity contribution is -0.139. The van der Waals surface area contributed by atoms with Gasteiger partial charge < -0.3 is 4.74 Å². The van der Waals surface area contributed by atoms with Crippen LogP contribution >= 0.6 is 11.3 Å². The van der Waals surface area contributed by atoms with E-state index in [1.807, 2.05) is 67.6 Å². The van der Waals surface area contributed by atoms with E-state index in [4.69, 9.17) is 4.74 Å². The average molecular weight is 419 g/mol. The van der Waals surface area contributed by atoms with Crippen molar-refractivity contribution in [2.24, 2.45) is 4.99 Å². The second kappa shape index (κ2) is 8.24. The highest BCUT2D eigenvalue weighted by Gasteiger charge is 2.33. The van der Waals surface area contributed by atoms with Crippen molar-refractivity contribution in [2.45, 2.75) is 26.8 Å². The molecule has 1 aromatic heterocycles. The smallest absolute Gasteiger partial charge is 0.338 e. The molecule has 0 amide bonds. The van der Waals surface area contributed by atoms with Gasteiger partial charge in [0.1, 0.15) is 0 Å². The van der Waals surface area contributed by atoms with Crippen molar-refractivity contribution in [2.75, 3.05) is 6.61 Å². The van der Waals surface area contributed by atoms with Crippen molar-refractivity contribution in [1.29, 1.82) is 0 Å². The van der Waals surface area contributed by atoms with Crippen LogP contribution in [0.4, 0.5) is 0 Å². The van der Waals surface area contributed by atoms with Crippen LogP contribution in [0.2, 0.25) is 0 Å². The minimum absolute atomic E-state index is 0.164. The molecule has 1 aliphatic rings. The molecule has 0 N–H and O–H groups in total. The number of hydrogen-bond donors (Lipinski definition) is 0. The number of fused-ring (bicyclic) bond motifs is 1. The number of carbonyl (C=O) groups excluding carboxylic acids is 1. The van der Waals surface area contributed by atoms with Gasteiger partial charge in [-0.15, -0.1) is 0 Å². The topological polar surface area (TPSA) is 60.7 Å². The number of aryl methyl sites for hydroxylation is 1. The molecule has 0 saturated heterocycles. The van der Waals surface area contributed by atoms with Crippen LogP contribution in [-0.2, 0) is 9.53 Å². The lowest BCUT2D eigenvalue weighted by atomic mass is 9.95. The molecule has 6 heteroatoms. The molecule has 5 nitrogen and oxygen atoms in total. The van der Waals surface area contributed by atoms with Gasteiger partial charge in [-0.25, -0.2) is 9.79 Å². The molecular weight excluding hydrogens is 396 g/mol. The number of thiazole rings is 1. The summed E-state index contributed by atoms with van der Waals surface area (Å²) in [5.74, 6) is -0.443. The van der Waals surface area contributed by atoms with Crippen molar-refractivity contribution in [3.05, 3.63) is 102 Å². The number of carbonyl (C=O) groups is 1. The summed E-state index contributed by atoms with van der Waals surface area (Å²) in [4.78, 5) is 31.4. The first kappa shape index (κ1) is 20.0. The van der Waals surface area contributed by atoms with E-state index in [0.29, 0.717) is 20.6 Å². The summed E-state index contributed by atoms with van der Waals surface area (Å²) in [6.07, 6.45) is 1.86. The van der Waals surface area contributed by atoms with E-state index in [0.717, 1.165) is 16.7 Å². The highest BCUT2D eigenvalue weighted by atomic mass is 32.1. The maximum Gasteiger partial charge on any atom is 0.338 e. The van der Waals surface area contributed by atoms with E-state index in [2.05, 4.69) is 4.99 Å². The molecule has 0 spiro atoms. The molecule has 1 atom stereocenters. The first-order valence-corrected chi connectivity index (χ1v) is 10.6. The fraction of sp³-hybridized carbons (Fsp3) is 0.208. The summed E-state index contributed by atoms with van der Waals surface area (Å²) in [6.45, 7) is 5.82. The predicted molar refractivity (Wildman–Crippen MR) is 118 cm³/mol. The van der Waals surface area contributed by atoms with Crippen LogP contribution < -0.4 is 14.9 Å². The molecule has 0 saturated carbocycles. The van der Waals surface area contributed by atoms with Gasteiger partial charge in [-0.1, -0.05) is 71.5 Å². The third-order valence-electron chi connectivity index (χ3n) is 5.01. The summed E-state index contributed by atoms with van der Waals surface area (Å²) in [5, 5.41) is 0. The molecule has 3 aromatic rings. The van der Waals surface area contributed by atoms with E-state index in [1.54, 1.807) is 18.4 Å². The van der Waals surface area contributed by atoms with Crippen molar-refractivity contribution in [1.82, 2.24) is 4.57 Å². The summed E-state index contributed by atoms with van der Waals surface area (Å²) in [6, 6.07) is 17.0. The zero-order valence-corrected chi connectivity index (χ0v) is 17.9. The van der Waals surface area contributed by atoms with Crippen molar-refractivity contribution in [3.63, 3.8) is 0 Å². The maximum absolute atomic E-state index is 13.4. The number of ether oxygens (including phenoxy) is 1. The molecule has 0 radical (unpaired) electrons. The van der Waals surface area contributed by atoms with E-state index >= 15 is 0 Å². The Morgan fingerprint density at radius 3 is 2.50 bits per heavy atom. The van der Waals surface area contributed by atoms with Crippen LogP contribution in [0.25, 0.3) is 6.08 Å². The number of rotatable bonds is 4. The van der Waals surface area contributed by atoms with Crippen LogP contribution in [0, 0.1) is 6.92 Å². The summed E-state index contributed by atoms with van der Waals surface area (Å²) < 4.78 is 7.50. The number of hydrogen-bond acceptors (Lipinski definition) is 5. The number of esters is 1. The molecule has 2 heterocycles. The first-order valence-electron chi connectivity index (χ1n) is 9.81. The Labute approximate surface area is 178 Å². The molecule has 0 aliphatic carbocycles. The molecule has 4 rings (SSSR count). The molecule has 0 fully saturated rings. The lowest BCUT2D eigenvalue weighted by Crippen LogP contribution is -2.39. The van der Waals surface area contributed by atoms with Gasteiger partial charge in [-0.3, -0.25) is 9.36 Å². The van der Waals surface area contributed by atoms with E-state index in [9.17, 15) is 9.59 Å². The van der Waals surface area contributed by atoms with Gasteiger partial charge in [0.25, 0.3) is 5.56 Å². The van der Waals surface area contributed by atoms with Gasteiger partial charge in [0, 0.05) is 0 Å². The summed E-state index contributed by atoms with van der Waals surface area (Å²) in [7, 11) is 0. The summed E-state index contributed by atoms with van der Waals surface area (Å²) >= 11 is 1.33. The second-order valence-electron chi connectivity index (χ2n) is 7.12. The predicted octanol–water partition coefficient (Wildman–Crippen LogP) is 3.11. The van der Waals surface area contributed by atoms with Gasteiger partial charge >= 0.3 is 5.97 Å². The SMILES string of the molecule is CCOC(=O)C1=C(C)N=c2s/c(=C\c3ccccc3)c(=O)n2[C@H]1c1ccc(C)cc1. The third-order valence-corrected chi connectivity index (χ3v) is 5.99. The zero-order chi connectivity index (χ0) is 21.3. The maximum atomic E-state index is 13.4. The number of benzene rings is 2. The van der Waals surface area contributed by atoms with Gasteiger partial charge in [-0.05, 0) is 38.0 Å². The Balaban J connectivity index is 1.96. The molecule has 1 aliphatic heterocycles. The number of allylic oxidation sites excluding steroid dienone is 1. The standard InChI is InChI=1S/C24H22N2O3S/c1-4-29-23(28)20-16(3)25-24-26(21(20)18-12-10-15(2)11-13-18)22(27)19(30-24)14-17-8-6-5-7-9-17/h5-14,21H,4H2,1-3H3/b19-14-/t21-/m0/s1. The molecular formula is C24H22N2O3S. The van der Waals surface area contributed by atoms with E-state index in [1.165, 1.54) is 11.3 Å². The molecule has 0 unspecified atom stereocenters. The third kappa shape index (κ3) is 3.66. The van der Waals surface area contributed by atoms with Gasteiger partial charge in [0.15, 0.2) is 4.80 Å². The van der Waals surface area contributed by atoms with Crippen molar-refractivity contribution >= 4 is 23.4 Å². The van der Waals surface area contributed by atoms with Crippen LogP contribution in [-0.4, -0.2) is 17.1 Å². The zero-order valence-electron chi connectivity index (χ0n) is 17.1. The number of aromatic nitrogens is 1. The monoisotopic (exact) mass is 418 g/mol. The fourth-order valence-electron chi connectivity index (χ4n) is 3.56.